The first kappa shape index (κ1) is 43.1. The Morgan fingerprint density at radius 2 is 1.28 bits per heavy atom. The average molecular weight is 712 g/mol. The van der Waals surface area contributed by atoms with Crippen LogP contribution in [0, 0.1) is 5.92 Å². The molecule has 280 valence electrons. The van der Waals surface area contributed by atoms with Gasteiger partial charge in [-0.05, 0) is 38.0 Å². The number of aliphatic carboxylic acids is 3. The summed E-state index contributed by atoms with van der Waals surface area (Å²) in [5, 5.41) is 35.0. The summed E-state index contributed by atoms with van der Waals surface area (Å²) in [5.41, 5.74) is 5.50. The normalized spacial score (nSPS) is 13.8. The number of primary amides is 1. The highest BCUT2D eigenvalue weighted by atomic mass is 16.4. The van der Waals surface area contributed by atoms with E-state index >= 15 is 0 Å². The van der Waals surface area contributed by atoms with Gasteiger partial charge in [0, 0.05) is 44.8 Å². The number of carbonyl (C=O) groups excluding carboxylic acids is 6. The quantitative estimate of drug-likeness (QED) is 0.0349. The highest BCUT2D eigenvalue weighted by Crippen LogP contribution is 2.10. The number of hydrogen-bond acceptors (Lipinski definition) is 11. The third-order valence-corrected chi connectivity index (χ3v) is 7.53. The molecule has 0 radical (unpaired) electrons. The molecular weight excluding hydrogens is 662 g/mol. The predicted molar refractivity (Wildman–Crippen MR) is 175 cm³/mol. The van der Waals surface area contributed by atoms with Crippen LogP contribution in [0.4, 0.5) is 0 Å². The van der Waals surface area contributed by atoms with Crippen molar-refractivity contribution in [2.24, 2.45) is 11.7 Å². The van der Waals surface area contributed by atoms with Crippen LogP contribution < -0.4 is 21.7 Å². The lowest BCUT2D eigenvalue weighted by Crippen LogP contribution is -2.54. The third-order valence-electron chi connectivity index (χ3n) is 7.53. The van der Waals surface area contributed by atoms with Crippen molar-refractivity contribution in [2.45, 2.75) is 70.9 Å². The molecule has 1 aliphatic rings. The van der Waals surface area contributed by atoms with E-state index in [2.05, 4.69) is 16.0 Å². The number of amides is 6. The van der Waals surface area contributed by atoms with Crippen molar-refractivity contribution in [2.75, 3.05) is 52.4 Å². The molecule has 0 saturated heterocycles. The van der Waals surface area contributed by atoms with Gasteiger partial charge in [0.2, 0.25) is 23.6 Å². The summed E-state index contributed by atoms with van der Waals surface area (Å²) < 4.78 is 0. The van der Waals surface area contributed by atoms with E-state index in [-0.39, 0.29) is 69.2 Å². The maximum atomic E-state index is 13.0. The molecule has 6 amide bonds. The largest absolute Gasteiger partial charge is 0.480 e. The first-order chi connectivity index (χ1) is 23.5. The zero-order valence-electron chi connectivity index (χ0n) is 28.4. The SMILES string of the molecule is CC(C)[C@H](NC(=O)CCCCCN1C(=O)C=CC1=O)C(=O)N[C@@H](CCCCNC(=O)CN(CCN(CC(=O)O)CC(=O)O)CC(=O)O)C(N)=O. The van der Waals surface area contributed by atoms with Crippen molar-refractivity contribution >= 4 is 53.4 Å². The Morgan fingerprint density at radius 3 is 1.78 bits per heavy atom. The monoisotopic (exact) mass is 711 g/mol. The van der Waals surface area contributed by atoms with Gasteiger partial charge in [-0.25, -0.2) is 0 Å². The van der Waals surface area contributed by atoms with Gasteiger partial charge in [0.05, 0.1) is 26.2 Å². The van der Waals surface area contributed by atoms with E-state index in [1.54, 1.807) is 13.8 Å². The molecular formula is C31H49N7O12. The molecule has 1 rings (SSSR count). The third kappa shape index (κ3) is 18.0. The molecule has 1 heterocycles. The number of hydrogen-bond donors (Lipinski definition) is 7. The molecule has 0 fully saturated rings. The number of unbranched alkanes of at least 4 members (excludes halogenated alkanes) is 3. The van der Waals surface area contributed by atoms with Gasteiger partial charge >= 0.3 is 17.9 Å². The summed E-state index contributed by atoms with van der Waals surface area (Å²) in [4.78, 5) is 110. The summed E-state index contributed by atoms with van der Waals surface area (Å²) in [6.07, 6.45) is 4.97. The molecule has 19 heteroatoms. The second-order valence-corrected chi connectivity index (χ2v) is 12.2. The van der Waals surface area contributed by atoms with Crippen LogP contribution in [0.1, 0.15) is 58.8 Å². The van der Waals surface area contributed by atoms with Crippen LogP contribution in [0.25, 0.3) is 0 Å². The fourth-order valence-corrected chi connectivity index (χ4v) is 4.96. The van der Waals surface area contributed by atoms with Crippen molar-refractivity contribution in [3.63, 3.8) is 0 Å². The summed E-state index contributed by atoms with van der Waals surface area (Å²) in [5.74, 6) is -7.09. The Bertz CT molecular complexity index is 1240. The van der Waals surface area contributed by atoms with Crippen molar-refractivity contribution < 1.29 is 58.5 Å². The Balaban J connectivity index is 2.49. The van der Waals surface area contributed by atoms with Crippen LogP contribution in [0.5, 0.6) is 0 Å². The molecule has 0 bridgehead atoms. The smallest absolute Gasteiger partial charge is 0.317 e. The molecule has 0 spiro atoms. The fraction of sp³-hybridized carbons (Fsp3) is 0.645. The standard InChI is InChI=1S/C31H49N7O12/c1-20(2)29(35-22(39)9-4-3-7-13-38-24(41)10-11-25(38)42)31(50)34-21(30(32)49)8-5-6-12-33-23(40)16-36(17-26(43)44)14-15-37(18-27(45)46)19-28(47)48/h10-11,20-21,29H,3-9,12-19H2,1-2H3,(H2,32,49)(H,33,40)(H,34,50)(H,35,39)(H,43,44)(H,45,46)(H,47,48)/t21-,29-/m0/s1. The molecule has 1 aliphatic heterocycles. The lowest BCUT2D eigenvalue weighted by molar-refractivity contribution is -0.143. The molecule has 8 N–H and O–H groups in total. The number of nitrogens with zero attached hydrogens (tertiary/aromatic N) is 3. The maximum Gasteiger partial charge on any atom is 0.317 e. The maximum absolute atomic E-state index is 13.0. The van der Waals surface area contributed by atoms with Gasteiger partial charge in [-0.15, -0.1) is 0 Å². The Kier molecular flexibility index (Phi) is 19.5. The number of imide groups is 1. The van der Waals surface area contributed by atoms with Crippen LogP contribution in [-0.2, 0) is 43.2 Å². The minimum Gasteiger partial charge on any atom is -0.480 e. The lowest BCUT2D eigenvalue weighted by atomic mass is 10.0. The van der Waals surface area contributed by atoms with E-state index in [4.69, 9.17) is 15.9 Å². The predicted octanol–water partition coefficient (Wildman–Crippen LogP) is -2.27. The van der Waals surface area contributed by atoms with Gasteiger partial charge in [-0.2, -0.15) is 0 Å². The van der Waals surface area contributed by atoms with Crippen molar-refractivity contribution in [1.82, 2.24) is 30.7 Å². The van der Waals surface area contributed by atoms with Crippen molar-refractivity contribution in [1.29, 1.82) is 0 Å². The topological polar surface area (TPSA) is 286 Å². The van der Waals surface area contributed by atoms with Crippen molar-refractivity contribution in [3.05, 3.63) is 12.2 Å². The Morgan fingerprint density at radius 1 is 0.740 bits per heavy atom. The first-order valence-corrected chi connectivity index (χ1v) is 16.3. The van der Waals surface area contributed by atoms with Crippen LogP contribution in [0.2, 0.25) is 0 Å². The number of rotatable bonds is 27. The summed E-state index contributed by atoms with van der Waals surface area (Å²) in [6, 6.07) is -1.99. The molecule has 0 unspecified atom stereocenters. The number of carboxylic acid groups (broad SMARTS) is 3. The van der Waals surface area contributed by atoms with E-state index in [0.29, 0.717) is 32.1 Å². The molecule has 0 aliphatic carbocycles. The van der Waals surface area contributed by atoms with E-state index in [9.17, 15) is 48.3 Å². The second kappa shape index (κ2) is 22.7. The van der Waals surface area contributed by atoms with Crippen LogP contribution in [0.15, 0.2) is 12.2 Å². The van der Waals surface area contributed by atoms with Gasteiger partial charge in [-0.1, -0.05) is 20.3 Å². The molecule has 0 aromatic heterocycles. The van der Waals surface area contributed by atoms with Gasteiger partial charge < -0.3 is 37.0 Å². The molecule has 2 atom stereocenters. The fourth-order valence-electron chi connectivity index (χ4n) is 4.96. The minimum atomic E-state index is -1.26. The minimum absolute atomic E-state index is 0.0820. The number of nitrogens with two attached hydrogens (primary N) is 1. The molecule has 19 nitrogen and oxygen atoms in total. The number of carbonyl (C=O) groups is 9. The lowest BCUT2D eigenvalue weighted by Gasteiger charge is -2.25. The highest BCUT2D eigenvalue weighted by molar-refractivity contribution is 6.12. The Hall–Kier alpha value is -4.91. The number of carboxylic acids is 3. The highest BCUT2D eigenvalue weighted by Gasteiger charge is 2.28. The van der Waals surface area contributed by atoms with Gasteiger partial charge in [-0.3, -0.25) is 57.9 Å². The zero-order valence-corrected chi connectivity index (χ0v) is 28.4. The van der Waals surface area contributed by atoms with E-state index in [0.717, 1.165) is 9.80 Å². The summed E-state index contributed by atoms with van der Waals surface area (Å²) >= 11 is 0. The van der Waals surface area contributed by atoms with Crippen LogP contribution >= 0.6 is 0 Å². The van der Waals surface area contributed by atoms with Crippen molar-refractivity contribution in [3.8, 4) is 0 Å². The molecule has 0 aromatic carbocycles. The first-order valence-electron chi connectivity index (χ1n) is 16.3. The van der Waals surface area contributed by atoms with Gasteiger partial charge in [0.1, 0.15) is 12.1 Å². The number of nitrogens with one attached hydrogen (secondary N) is 3. The molecule has 0 aromatic rings. The zero-order chi connectivity index (χ0) is 37.8. The summed E-state index contributed by atoms with van der Waals surface area (Å²) in [6.45, 7) is 1.63. The van der Waals surface area contributed by atoms with E-state index in [1.807, 2.05) is 0 Å². The van der Waals surface area contributed by atoms with Gasteiger partial charge in [0.25, 0.3) is 11.8 Å². The average Bonchev–Trinajstić information content (AvgIpc) is 3.32. The van der Waals surface area contributed by atoms with E-state index < -0.39 is 67.3 Å². The molecule has 50 heavy (non-hydrogen) atoms. The van der Waals surface area contributed by atoms with Crippen LogP contribution in [-0.4, -0.2) is 148 Å². The van der Waals surface area contributed by atoms with E-state index in [1.165, 1.54) is 17.1 Å². The Labute approximate surface area is 289 Å². The second-order valence-electron chi connectivity index (χ2n) is 12.2. The van der Waals surface area contributed by atoms with Crippen LogP contribution in [0.3, 0.4) is 0 Å². The van der Waals surface area contributed by atoms with Gasteiger partial charge in [0.15, 0.2) is 0 Å². The molecule has 0 saturated carbocycles. The summed E-state index contributed by atoms with van der Waals surface area (Å²) in [7, 11) is 0.